The van der Waals surface area contributed by atoms with Crippen LogP contribution in [0.2, 0.25) is 0 Å². The Hall–Kier alpha value is -0.450. The van der Waals surface area contributed by atoms with Crippen LogP contribution in [0.4, 0.5) is 0 Å². The van der Waals surface area contributed by atoms with E-state index in [0.29, 0.717) is 0 Å². The van der Waals surface area contributed by atoms with Crippen molar-refractivity contribution in [2.75, 3.05) is 14.1 Å². The molecule has 0 radical (unpaired) electrons. The number of carbonyl (C=O) groups is 1. The van der Waals surface area contributed by atoms with Crippen molar-refractivity contribution in [1.82, 2.24) is 4.90 Å². The van der Waals surface area contributed by atoms with Gasteiger partial charge in [-0.2, -0.15) is 0 Å². The summed E-state index contributed by atoms with van der Waals surface area (Å²) in [7, 11) is 3.53. The van der Waals surface area contributed by atoms with Crippen molar-refractivity contribution < 1.29 is 15.0 Å². The lowest BCUT2D eigenvalue weighted by Gasteiger charge is -2.28. The number of carbonyl (C=O) groups excluding carboxylic acids is 1. The van der Waals surface area contributed by atoms with Gasteiger partial charge in [-0.1, -0.05) is 0 Å². The Balaban J connectivity index is 4.18. The molecule has 0 fully saturated rings. The van der Waals surface area contributed by atoms with Gasteiger partial charge in [0.05, 0.1) is 12.2 Å². The van der Waals surface area contributed by atoms with E-state index in [-0.39, 0.29) is 12.5 Å². The molecule has 3 atom stereocenters. The summed E-state index contributed by atoms with van der Waals surface area (Å²) in [5, 5.41) is 18.5. The van der Waals surface area contributed by atoms with E-state index in [1.54, 1.807) is 19.0 Å². The van der Waals surface area contributed by atoms with Gasteiger partial charge in [-0.05, 0) is 21.0 Å². The van der Waals surface area contributed by atoms with Crippen LogP contribution >= 0.6 is 0 Å². The lowest BCUT2D eigenvalue weighted by Crippen LogP contribution is -2.44. The molecule has 4 nitrogen and oxygen atoms in total. The summed E-state index contributed by atoms with van der Waals surface area (Å²) in [6.07, 6.45) is -0.697. The van der Waals surface area contributed by atoms with E-state index < -0.39 is 12.2 Å². The first kappa shape index (κ1) is 11.6. The number of rotatable bonds is 5. The highest BCUT2D eigenvalue weighted by Crippen LogP contribution is 2.07. The van der Waals surface area contributed by atoms with Crippen molar-refractivity contribution in [3.63, 3.8) is 0 Å². The van der Waals surface area contributed by atoms with Crippen molar-refractivity contribution in [3.05, 3.63) is 0 Å². The Morgan fingerprint density at radius 2 is 1.92 bits per heavy atom. The van der Waals surface area contributed by atoms with Crippen LogP contribution in [0.25, 0.3) is 0 Å². The third kappa shape index (κ3) is 3.30. The predicted octanol–water partition coefficient (Wildman–Crippen LogP) is -0.753. The molecule has 0 amide bonds. The smallest absolute Gasteiger partial charge is 0.121 e. The van der Waals surface area contributed by atoms with Gasteiger partial charge in [-0.15, -0.1) is 0 Å². The maximum absolute atomic E-state index is 10.2. The fraction of sp³-hybridized carbons (Fsp3) is 0.875. The molecule has 2 N–H and O–H groups in total. The van der Waals surface area contributed by atoms with Gasteiger partial charge >= 0.3 is 0 Å². The zero-order valence-electron chi connectivity index (χ0n) is 7.77. The van der Waals surface area contributed by atoms with Gasteiger partial charge in [-0.25, -0.2) is 0 Å². The lowest BCUT2D eigenvalue weighted by atomic mass is 10.0. The molecule has 0 aromatic carbocycles. The van der Waals surface area contributed by atoms with E-state index in [1.165, 1.54) is 6.92 Å². The van der Waals surface area contributed by atoms with E-state index >= 15 is 0 Å². The Labute approximate surface area is 72.8 Å². The van der Waals surface area contributed by atoms with Crippen LogP contribution < -0.4 is 0 Å². The molecule has 0 rings (SSSR count). The summed E-state index contributed by atoms with van der Waals surface area (Å²) in [6, 6.07) is -0.303. The topological polar surface area (TPSA) is 60.8 Å². The molecule has 0 heterocycles. The van der Waals surface area contributed by atoms with Gasteiger partial charge < -0.3 is 19.9 Å². The van der Waals surface area contributed by atoms with Crippen LogP contribution in [0, 0.1) is 0 Å². The number of hydrogen-bond donors (Lipinski definition) is 2. The number of hydrogen-bond acceptors (Lipinski definition) is 4. The Kier molecular flexibility index (Phi) is 5.04. The second-order valence-electron chi connectivity index (χ2n) is 3.16. The average molecular weight is 175 g/mol. The van der Waals surface area contributed by atoms with Gasteiger partial charge in [0.15, 0.2) is 0 Å². The van der Waals surface area contributed by atoms with Crippen LogP contribution in [0.3, 0.4) is 0 Å². The largest absolute Gasteiger partial charge is 0.391 e. The molecule has 0 aliphatic rings. The quantitative estimate of drug-likeness (QED) is 0.540. The molecular formula is C8H17NO3. The molecule has 0 saturated carbocycles. The average Bonchev–Trinajstić information content (AvgIpc) is 1.98. The van der Waals surface area contributed by atoms with Gasteiger partial charge in [0.1, 0.15) is 6.29 Å². The molecule has 0 saturated heterocycles. The number of aliphatic hydroxyl groups is 2. The molecule has 0 aliphatic carbocycles. The number of nitrogens with zero attached hydrogens (tertiary/aromatic N) is 1. The molecular weight excluding hydrogens is 158 g/mol. The van der Waals surface area contributed by atoms with E-state index in [4.69, 9.17) is 5.11 Å². The molecule has 0 spiro atoms. The second kappa shape index (κ2) is 5.24. The number of aldehydes is 1. The summed E-state index contributed by atoms with van der Waals surface area (Å²) in [4.78, 5) is 12.0. The third-order valence-corrected chi connectivity index (χ3v) is 1.89. The zero-order valence-corrected chi connectivity index (χ0v) is 7.77. The van der Waals surface area contributed by atoms with Crippen LogP contribution in [-0.4, -0.2) is 53.7 Å². The standard InChI is InChI=1S/C8H17NO3/c1-6(11)8(12)7(4-5-10)9(2)3/h5-8,11-12H,4H2,1-3H3. The molecule has 0 bridgehead atoms. The zero-order chi connectivity index (χ0) is 9.72. The Morgan fingerprint density at radius 3 is 2.17 bits per heavy atom. The predicted molar refractivity (Wildman–Crippen MR) is 45.8 cm³/mol. The minimum absolute atomic E-state index is 0.235. The first-order valence-electron chi connectivity index (χ1n) is 3.97. The van der Waals surface area contributed by atoms with Gasteiger partial charge in [-0.3, -0.25) is 0 Å². The summed E-state index contributed by atoms with van der Waals surface area (Å²) in [5.74, 6) is 0. The van der Waals surface area contributed by atoms with Crippen molar-refractivity contribution in [2.45, 2.75) is 31.6 Å². The summed E-state index contributed by atoms with van der Waals surface area (Å²) >= 11 is 0. The summed E-state index contributed by atoms with van der Waals surface area (Å²) in [5.41, 5.74) is 0. The summed E-state index contributed by atoms with van der Waals surface area (Å²) < 4.78 is 0. The van der Waals surface area contributed by atoms with Crippen molar-refractivity contribution >= 4 is 6.29 Å². The second-order valence-corrected chi connectivity index (χ2v) is 3.16. The SMILES string of the molecule is CC(O)C(O)C(CC=O)N(C)C. The minimum atomic E-state index is -0.870. The van der Waals surface area contributed by atoms with E-state index in [2.05, 4.69) is 0 Å². The van der Waals surface area contributed by atoms with Gasteiger partial charge in [0.25, 0.3) is 0 Å². The summed E-state index contributed by atoms with van der Waals surface area (Å²) in [6.45, 7) is 1.51. The molecule has 12 heavy (non-hydrogen) atoms. The first-order chi connectivity index (χ1) is 5.50. The Bertz CT molecular complexity index is 136. The fourth-order valence-electron chi connectivity index (χ4n) is 1.08. The molecule has 0 aromatic rings. The van der Waals surface area contributed by atoms with Gasteiger partial charge in [0.2, 0.25) is 0 Å². The molecule has 3 unspecified atom stereocenters. The molecule has 0 aromatic heterocycles. The normalized spacial score (nSPS) is 18.8. The monoisotopic (exact) mass is 175 g/mol. The van der Waals surface area contributed by atoms with Crippen LogP contribution in [0.1, 0.15) is 13.3 Å². The molecule has 0 aliphatic heterocycles. The van der Waals surface area contributed by atoms with Gasteiger partial charge in [0, 0.05) is 12.5 Å². The van der Waals surface area contributed by atoms with Crippen LogP contribution in [0.5, 0.6) is 0 Å². The molecule has 4 heteroatoms. The van der Waals surface area contributed by atoms with Crippen LogP contribution in [0.15, 0.2) is 0 Å². The first-order valence-corrected chi connectivity index (χ1v) is 3.97. The fourth-order valence-corrected chi connectivity index (χ4v) is 1.08. The van der Waals surface area contributed by atoms with Crippen molar-refractivity contribution in [1.29, 1.82) is 0 Å². The van der Waals surface area contributed by atoms with E-state index in [9.17, 15) is 9.90 Å². The van der Waals surface area contributed by atoms with E-state index in [0.717, 1.165) is 6.29 Å². The van der Waals surface area contributed by atoms with Crippen molar-refractivity contribution in [3.8, 4) is 0 Å². The highest BCUT2D eigenvalue weighted by atomic mass is 16.3. The maximum atomic E-state index is 10.2. The van der Waals surface area contributed by atoms with Crippen LogP contribution in [-0.2, 0) is 4.79 Å². The number of aliphatic hydroxyl groups excluding tert-OH is 2. The highest BCUT2D eigenvalue weighted by molar-refractivity contribution is 5.50. The maximum Gasteiger partial charge on any atom is 0.121 e. The Morgan fingerprint density at radius 1 is 1.42 bits per heavy atom. The number of likely N-dealkylation sites (N-methyl/N-ethyl adjacent to an activating group) is 1. The minimum Gasteiger partial charge on any atom is -0.391 e. The molecule has 72 valence electrons. The highest BCUT2D eigenvalue weighted by Gasteiger charge is 2.24. The lowest BCUT2D eigenvalue weighted by molar-refractivity contribution is -0.110. The van der Waals surface area contributed by atoms with Crippen molar-refractivity contribution in [2.24, 2.45) is 0 Å². The third-order valence-electron chi connectivity index (χ3n) is 1.89. The van der Waals surface area contributed by atoms with E-state index in [1.807, 2.05) is 0 Å².